The van der Waals surface area contributed by atoms with Gasteiger partial charge in [0, 0.05) is 19.6 Å². The Labute approximate surface area is 172 Å². The molecule has 1 aliphatic heterocycles. The maximum atomic E-state index is 13.1. The highest BCUT2D eigenvalue weighted by atomic mass is 19.4. The molecule has 30 heavy (non-hydrogen) atoms. The summed E-state index contributed by atoms with van der Waals surface area (Å²) in [5.74, 6) is -1.15. The van der Waals surface area contributed by atoms with Gasteiger partial charge in [-0.15, -0.1) is 0 Å². The fraction of sp³-hybridized carbons (Fsp3) is 0.450. The summed E-state index contributed by atoms with van der Waals surface area (Å²) >= 11 is 0. The van der Waals surface area contributed by atoms with Gasteiger partial charge in [-0.1, -0.05) is 44.2 Å². The lowest BCUT2D eigenvalue weighted by atomic mass is 10.00. The van der Waals surface area contributed by atoms with Crippen LogP contribution < -0.4 is 4.90 Å². The molecule has 3 rings (SSSR count). The largest absolute Gasteiger partial charge is 0.504 e. The summed E-state index contributed by atoms with van der Waals surface area (Å²) < 4.78 is 44.7. The van der Waals surface area contributed by atoms with E-state index in [1.54, 1.807) is 4.90 Å². The Morgan fingerprint density at radius 2 is 1.97 bits per heavy atom. The number of hydrogen-bond donors (Lipinski definition) is 1. The maximum absolute atomic E-state index is 13.1. The summed E-state index contributed by atoms with van der Waals surface area (Å²) in [4.78, 5) is 23.1. The van der Waals surface area contributed by atoms with E-state index in [4.69, 9.17) is 4.74 Å². The van der Waals surface area contributed by atoms with Gasteiger partial charge in [0.1, 0.15) is 6.61 Å². The van der Waals surface area contributed by atoms with Gasteiger partial charge < -0.3 is 19.6 Å². The molecule has 0 bridgehead atoms. The van der Waals surface area contributed by atoms with Crippen LogP contribution in [0, 0.1) is 5.92 Å². The third kappa shape index (κ3) is 4.92. The second-order valence-corrected chi connectivity index (χ2v) is 7.39. The number of alkyl halides is 3. The first-order valence-corrected chi connectivity index (χ1v) is 9.52. The highest BCUT2D eigenvalue weighted by Crippen LogP contribution is 2.35. The normalized spacial score (nSPS) is 17.3. The molecule has 1 N–H and O–H groups in total. The smallest absolute Gasteiger partial charge is 0.437 e. The van der Waals surface area contributed by atoms with E-state index in [1.807, 2.05) is 44.2 Å². The van der Waals surface area contributed by atoms with Crippen LogP contribution in [-0.4, -0.2) is 51.7 Å². The van der Waals surface area contributed by atoms with E-state index in [2.05, 4.69) is 9.97 Å². The SMILES string of the molecule is CC(C)[C@@H]1CN(C(=O)OCc2ccccc2)CCN1c1ncc(O)c(C(F)(F)F)n1. The van der Waals surface area contributed by atoms with Crippen molar-refractivity contribution < 1.29 is 27.8 Å². The summed E-state index contributed by atoms with van der Waals surface area (Å²) in [6.07, 6.45) is -4.52. The van der Waals surface area contributed by atoms with Gasteiger partial charge >= 0.3 is 12.3 Å². The van der Waals surface area contributed by atoms with Crippen LogP contribution in [0.15, 0.2) is 36.5 Å². The monoisotopic (exact) mass is 424 g/mol. The fourth-order valence-electron chi connectivity index (χ4n) is 3.32. The average molecular weight is 424 g/mol. The van der Waals surface area contributed by atoms with Crippen LogP contribution in [0.25, 0.3) is 0 Å². The van der Waals surface area contributed by atoms with E-state index in [1.165, 1.54) is 4.90 Å². The summed E-state index contributed by atoms with van der Waals surface area (Å²) in [6.45, 7) is 4.70. The van der Waals surface area contributed by atoms with Crippen molar-refractivity contribution in [1.82, 2.24) is 14.9 Å². The van der Waals surface area contributed by atoms with Crippen molar-refractivity contribution in [2.24, 2.45) is 5.92 Å². The number of carbonyl (C=O) groups is 1. The molecule has 0 radical (unpaired) electrons. The van der Waals surface area contributed by atoms with Gasteiger partial charge in [0.25, 0.3) is 0 Å². The Kier molecular flexibility index (Phi) is 6.33. The molecule has 0 unspecified atom stereocenters. The summed E-state index contributed by atoms with van der Waals surface area (Å²) in [5.41, 5.74) is -0.512. The Morgan fingerprint density at radius 1 is 1.27 bits per heavy atom. The standard InChI is InChI=1S/C20H23F3N4O3/c1-13(2)15-11-26(19(29)30-12-14-6-4-3-5-7-14)8-9-27(15)18-24-10-16(28)17(25-18)20(21,22)23/h3-7,10,13,15,28H,8-9,11-12H2,1-2H3/t15-/m0/s1. The van der Waals surface area contributed by atoms with Crippen LogP contribution in [-0.2, 0) is 17.5 Å². The lowest BCUT2D eigenvalue weighted by Crippen LogP contribution is -2.57. The first kappa shape index (κ1) is 21.7. The molecule has 162 valence electrons. The molecule has 1 saturated heterocycles. The molecule has 1 aliphatic rings. The number of rotatable bonds is 4. The number of nitrogens with zero attached hydrogens (tertiary/aromatic N) is 4. The Hall–Kier alpha value is -3.04. The van der Waals surface area contributed by atoms with E-state index in [-0.39, 0.29) is 44.1 Å². The van der Waals surface area contributed by atoms with E-state index >= 15 is 0 Å². The van der Waals surface area contributed by atoms with Crippen molar-refractivity contribution in [3.63, 3.8) is 0 Å². The molecule has 10 heteroatoms. The minimum atomic E-state index is -4.79. The van der Waals surface area contributed by atoms with Crippen molar-refractivity contribution in [3.05, 3.63) is 47.8 Å². The molecule has 1 fully saturated rings. The van der Waals surface area contributed by atoms with Gasteiger partial charge in [-0.05, 0) is 11.5 Å². The summed E-state index contributed by atoms with van der Waals surface area (Å²) in [5, 5.41) is 9.48. The molecule has 0 aliphatic carbocycles. The van der Waals surface area contributed by atoms with E-state index in [0.717, 1.165) is 11.8 Å². The van der Waals surface area contributed by atoms with Gasteiger partial charge in [0.05, 0.1) is 12.2 Å². The second-order valence-electron chi connectivity index (χ2n) is 7.39. The van der Waals surface area contributed by atoms with Gasteiger partial charge in [-0.3, -0.25) is 0 Å². The van der Waals surface area contributed by atoms with E-state index < -0.39 is 23.7 Å². The lowest BCUT2D eigenvalue weighted by Gasteiger charge is -2.42. The van der Waals surface area contributed by atoms with Gasteiger partial charge in [0.15, 0.2) is 11.4 Å². The fourth-order valence-corrected chi connectivity index (χ4v) is 3.32. The van der Waals surface area contributed by atoms with Crippen molar-refractivity contribution in [1.29, 1.82) is 0 Å². The van der Waals surface area contributed by atoms with Crippen molar-refractivity contribution in [2.75, 3.05) is 24.5 Å². The lowest BCUT2D eigenvalue weighted by molar-refractivity contribution is -0.142. The predicted molar refractivity (Wildman–Crippen MR) is 103 cm³/mol. The maximum Gasteiger partial charge on any atom is 0.437 e. The number of ether oxygens (including phenoxy) is 1. The molecule has 1 aromatic heterocycles. The first-order chi connectivity index (χ1) is 14.2. The third-order valence-electron chi connectivity index (χ3n) is 4.93. The zero-order valence-electron chi connectivity index (χ0n) is 16.6. The Balaban J connectivity index is 1.72. The molecule has 1 amide bonds. The molecule has 2 aromatic rings. The van der Waals surface area contributed by atoms with Gasteiger partial charge in [0.2, 0.25) is 5.95 Å². The Morgan fingerprint density at radius 3 is 2.60 bits per heavy atom. The molecular formula is C20H23F3N4O3. The number of halogens is 3. The quantitative estimate of drug-likeness (QED) is 0.807. The average Bonchev–Trinajstić information content (AvgIpc) is 2.72. The van der Waals surface area contributed by atoms with E-state index in [9.17, 15) is 23.1 Å². The number of piperazine rings is 1. The highest BCUT2D eigenvalue weighted by Gasteiger charge is 2.39. The minimum Gasteiger partial charge on any atom is -0.504 e. The topological polar surface area (TPSA) is 78.8 Å². The van der Waals surface area contributed by atoms with Crippen LogP contribution in [0.4, 0.5) is 23.9 Å². The number of carbonyl (C=O) groups excluding carboxylic acids is 1. The van der Waals surface area contributed by atoms with Crippen LogP contribution in [0.3, 0.4) is 0 Å². The molecule has 0 saturated carbocycles. The van der Waals surface area contributed by atoms with Crippen molar-refractivity contribution in [3.8, 4) is 5.75 Å². The summed E-state index contributed by atoms with van der Waals surface area (Å²) in [7, 11) is 0. The van der Waals surface area contributed by atoms with Crippen LogP contribution >= 0.6 is 0 Å². The molecule has 0 spiro atoms. The molecule has 2 heterocycles. The van der Waals surface area contributed by atoms with Crippen LogP contribution in [0.5, 0.6) is 5.75 Å². The number of hydrogen-bond acceptors (Lipinski definition) is 6. The first-order valence-electron chi connectivity index (χ1n) is 9.52. The van der Waals surface area contributed by atoms with Crippen molar-refractivity contribution in [2.45, 2.75) is 32.7 Å². The van der Waals surface area contributed by atoms with E-state index in [0.29, 0.717) is 0 Å². The van der Waals surface area contributed by atoms with Crippen LogP contribution in [0.2, 0.25) is 0 Å². The Bertz CT molecular complexity index is 877. The van der Waals surface area contributed by atoms with Crippen molar-refractivity contribution >= 4 is 12.0 Å². The third-order valence-corrected chi connectivity index (χ3v) is 4.93. The minimum absolute atomic E-state index is 0.00135. The number of aromatic nitrogens is 2. The molecule has 1 aromatic carbocycles. The summed E-state index contributed by atoms with van der Waals surface area (Å²) in [6, 6.07) is 8.96. The highest BCUT2D eigenvalue weighted by molar-refractivity contribution is 5.68. The van der Waals surface area contributed by atoms with Crippen LogP contribution in [0.1, 0.15) is 25.1 Å². The zero-order chi connectivity index (χ0) is 21.9. The number of amides is 1. The molecular weight excluding hydrogens is 401 g/mol. The zero-order valence-corrected chi connectivity index (χ0v) is 16.6. The second kappa shape index (κ2) is 8.76. The van der Waals surface area contributed by atoms with Gasteiger partial charge in [-0.2, -0.15) is 13.2 Å². The molecule has 1 atom stereocenters. The predicted octanol–water partition coefficient (Wildman–Crippen LogP) is 3.68. The van der Waals surface area contributed by atoms with Gasteiger partial charge in [-0.25, -0.2) is 14.8 Å². The number of benzene rings is 1. The number of aromatic hydroxyl groups is 1. The molecule has 7 nitrogen and oxygen atoms in total. The number of anilines is 1.